The predicted molar refractivity (Wildman–Crippen MR) is 92.8 cm³/mol. The van der Waals surface area contributed by atoms with E-state index < -0.39 is 0 Å². The zero-order chi connectivity index (χ0) is 15.4. The first-order valence-electron chi connectivity index (χ1n) is 6.33. The van der Waals surface area contributed by atoms with Gasteiger partial charge in [-0.15, -0.1) is 0 Å². The van der Waals surface area contributed by atoms with Gasteiger partial charge >= 0.3 is 0 Å². The van der Waals surface area contributed by atoms with Gasteiger partial charge in [-0.05, 0) is 49.2 Å². The van der Waals surface area contributed by atoms with Crippen LogP contribution in [0, 0.1) is 13.8 Å². The van der Waals surface area contributed by atoms with E-state index >= 15 is 0 Å². The van der Waals surface area contributed by atoms with Gasteiger partial charge in [0.1, 0.15) is 0 Å². The Hall–Kier alpha value is -1.46. The van der Waals surface area contributed by atoms with Crippen LogP contribution in [-0.4, -0.2) is 12.1 Å². The fraction of sp³-hybridized carbons (Fsp3) is 0.125. The highest BCUT2D eigenvalue weighted by Crippen LogP contribution is 2.25. The Morgan fingerprint density at radius 3 is 2.43 bits per heavy atom. The van der Waals surface area contributed by atoms with E-state index in [-0.39, 0.29) is 5.91 Å². The van der Waals surface area contributed by atoms with Crippen molar-refractivity contribution < 1.29 is 4.79 Å². The quantitative estimate of drug-likeness (QED) is 0.584. The summed E-state index contributed by atoms with van der Waals surface area (Å²) in [7, 11) is 0. The van der Waals surface area contributed by atoms with Gasteiger partial charge < -0.3 is 0 Å². The van der Waals surface area contributed by atoms with Gasteiger partial charge in [0, 0.05) is 14.5 Å². The van der Waals surface area contributed by atoms with Crippen LogP contribution in [0.15, 0.2) is 50.4 Å². The molecule has 0 aliphatic carbocycles. The molecule has 0 spiro atoms. The average Bonchev–Trinajstić information content (AvgIpc) is 2.44. The van der Waals surface area contributed by atoms with Gasteiger partial charge in [-0.25, -0.2) is 5.43 Å². The first kappa shape index (κ1) is 15.9. The molecule has 0 bridgehead atoms. The van der Waals surface area contributed by atoms with E-state index in [9.17, 15) is 4.79 Å². The number of amides is 1. The van der Waals surface area contributed by atoms with Crippen molar-refractivity contribution in [3.63, 3.8) is 0 Å². The second-order valence-electron chi connectivity index (χ2n) is 4.68. The molecule has 0 atom stereocenters. The maximum atomic E-state index is 11.9. The Bertz CT molecular complexity index is 688. The minimum atomic E-state index is -0.222. The summed E-state index contributed by atoms with van der Waals surface area (Å²) in [5, 5.41) is 3.99. The molecule has 0 fully saturated rings. The topological polar surface area (TPSA) is 41.5 Å². The van der Waals surface area contributed by atoms with E-state index in [0.717, 1.165) is 25.6 Å². The monoisotopic (exact) mass is 408 g/mol. The lowest BCUT2D eigenvalue weighted by Crippen LogP contribution is -2.17. The molecule has 21 heavy (non-hydrogen) atoms. The van der Waals surface area contributed by atoms with Crippen molar-refractivity contribution in [1.29, 1.82) is 0 Å². The molecule has 0 heterocycles. The van der Waals surface area contributed by atoms with E-state index in [2.05, 4.69) is 42.4 Å². The molecule has 0 saturated carbocycles. The van der Waals surface area contributed by atoms with Crippen LogP contribution in [0.25, 0.3) is 0 Å². The summed E-state index contributed by atoms with van der Waals surface area (Å²) in [6.45, 7) is 3.95. The second kappa shape index (κ2) is 7.00. The molecule has 0 saturated heterocycles. The minimum absolute atomic E-state index is 0.222. The van der Waals surface area contributed by atoms with Gasteiger partial charge in [-0.1, -0.05) is 49.6 Å². The number of benzene rings is 2. The molecule has 5 heteroatoms. The molecule has 0 aliphatic rings. The zero-order valence-electron chi connectivity index (χ0n) is 11.7. The van der Waals surface area contributed by atoms with Crippen molar-refractivity contribution in [2.75, 3.05) is 0 Å². The van der Waals surface area contributed by atoms with Crippen LogP contribution in [0.4, 0.5) is 0 Å². The fourth-order valence-electron chi connectivity index (χ4n) is 1.76. The van der Waals surface area contributed by atoms with Crippen LogP contribution in [0.1, 0.15) is 27.0 Å². The SMILES string of the molecule is Cc1cccc(C(=O)N/N=C\c2cc(Br)c(C)c(Br)c2)c1. The third-order valence-electron chi connectivity index (χ3n) is 2.96. The van der Waals surface area contributed by atoms with Crippen LogP contribution in [0.3, 0.4) is 0 Å². The van der Waals surface area contributed by atoms with Crippen LogP contribution in [-0.2, 0) is 0 Å². The number of aryl methyl sites for hydroxylation is 1. The molecule has 1 N–H and O–H groups in total. The van der Waals surface area contributed by atoms with E-state index in [1.165, 1.54) is 0 Å². The Kier molecular flexibility index (Phi) is 5.31. The molecule has 0 radical (unpaired) electrons. The molecular weight excluding hydrogens is 396 g/mol. The van der Waals surface area contributed by atoms with E-state index in [1.807, 2.05) is 44.2 Å². The molecule has 2 aromatic carbocycles. The van der Waals surface area contributed by atoms with Crippen molar-refractivity contribution in [1.82, 2.24) is 5.43 Å². The first-order valence-corrected chi connectivity index (χ1v) is 7.91. The molecular formula is C16H14Br2N2O. The largest absolute Gasteiger partial charge is 0.271 e. The molecule has 3 nitrogen and oxygen atoms in total. The molecule has 1 amide bonds. The van der Waals surface area contributed by atoms with E-state index in [1.54, 1.807) is 12.3 Å². The van der Waals surface area contributed by atoms with E-state index in [0.29, 0.717) is 5.56 Å². The molecule has 0 aromatic heterocycles. The second-order valence-corrected chi connectivity index (χ2v) is 6.39. The highest BCUT2D eigenvalue weighted by Gasteiger charge is 2.04. The van der Waals surface area contributed by atoms with Gasteiger partial charge in [0.15, 0.2) is 0 Å². The standard InChI is InChI=1S/C16H14Br2N2O/c1-10-4-3-5-13(6-10)16(21)20-19-9-12-7-14(17)11(2)15(18)8-12/h3-9H,1-2H3,(H,20,21)/b19-9-. The predicted octanol–water partition coefficient (Wildman–Crippen LogP) is 4.59. The van der Waals surface area contributed by atoms with Crippen LogP contribution >= 0.6 is 31.9 Å². The van der Waals surface area contributed by atoms with Gasteiger partial charge in [0.05, 0.1) is 6.21 Å². The summed E-state index contributed by atoms with van der Waals surface area (Å²) in [5.41, 5.74) is 6.18. The van der Waals surface area contributed by atoms with Crippen molar-refractivity contribution in [2.45, 2.75) is 13.8 Å². The van der Waals surface area contributed by atoms with E-state index in [4.69, 9.17) is 0 Å². The lowest BCUT2D eigenvalue weighted by Gasteiger charge is -2.04. The van der Waals surface area contributed by atoms with Crippen molar-refractivity contribution >= 4 is 44.0 Å². The number of rotatable bonds is 3. The zero-order valence-corrected chi connectivity index (χ0v) is 14.8. The van der Waals surface area contributed by atoms with Crippen molar-refractivity contribution in [2.24, 2.45) is 5.10 Å². The molecule has 2 aromatic rings. The summed E-state index contributed by atoms with van der Waals surface area (Å²) in [6.07, 6.45) is 1.61. The Morgan fingerprint density at radius 2 is 1.81 bits per heavy atom. The Labute approximate surface area is 140 Å². The number of hydrogen-bond donors (Lipinski definition) is 1. The minimum Gasteiger partial charge on any atom is -0.267 e. The number of nitrogens with one attached hydrogen (secondary N) is 1. The maximum Gasteiger partial charge on any atom is 0.271 e. The highest BCUT2D eigenvalue weighted by molar-refractivity contribution is 9.11. The maximum absolute atomic E-state index is 11.9. The van der Waals surface area contributed by atoms with Crippen molar-refractivity contribution in [3.8, 4) is 0 Å². The van der Waals surface area contributed by atoms with Crippen LogP contribution < -0.4 is 5.43 Å². The summed E-state index contributed by atoms with van der Waals surface area (Å²) >= 11 is 6.97. The molecule has 2 rings (SSSR count). The third-order valence-corrected chi connectivity index (χ3v) is 4.61. The number of carbonyl (C=O) groups is 1. The number of halogens is 2. The summed E-state index contributed by atoms with van der Waals surface area (Å²) < 4.78 is 1.98. The normalized spacial score (nSPS) is 10.9. The van der Waals surface area contributed by atoms with Gasteiger partial charge in [0.2, 0.25) is 0 Å². The van der Waals surface area contributed by atoms with Crippen molar-refractivity contribution in [3.05, 3.63) is 67.6 Å². The highest BCUT2D eigenvalue weighted by atomic mass is 79.9. The molecule has 108 valence electrons. The fourth-order valence-corrected chi connectivity index (χ4v) is 2.98. The smallest absolute Gasteiger partial charge is 0.267 e. The Morgan fingerprint density at radius 1 is 1.14 bits per heavy atom. The summed E-state index contributed by atoms with van der Waals surface area (Å²) in [4.78, 5) is 11.9. The van der Waals surface area contributed by atoms with Crippen LogP contribution in [0.5, 0.6) is 0 Å². The first-order chi connectivity index (χ1) is 9.97. The molecule has 0 aliphatic heterocycles. The lowest BCUT2D eigenvalue weighted by atomic mass is 10.1. The van der Waals surface area contributed by atoms with Gasteiger partial charge in [0.25, 0.3) is 5.91 Å². The number of nitrogens with zero attached hydrogens (tertiary/aromatic N) is 1. The number of carbonyl (C=O) groups excluding carboxylic acids is 1. The lowest BCUT2D eigenvalue weighted by molar-refractivity contribution is 0.0955. The molecule has 0 unspecified atom stereocenters. The summed E-state index contributed by atoms with van der Waals surface area (Å²) in [6, 6.07) is 11.3. The van der Waals surface area contributed by atoms with Crippen LogP contribution in [0.2, 0.25) is 0 Å². The third kappa shape index (κ3) is 4.25. The van der Waals surface area contributed by atoms with Gasteiger partial charge in [-0.2, -0.15) is 5.10 Å². The number of hydrogen-bond acceptors (Lipinski definition) is 2. The number of hydrazone groups is 1. The van der Waals surface area contributed by atoms with Gasteiger partial charge in [-0.3, -0.25) is 4.79 Å². The average molecular weight is 410 g/mol. The Balaban J connectivity index is 2.07. The summed E-state index contributed by atoms with van der Waals surface area (Å²) in [5.74, 6) is -0.222.